The van der Waals surface area contributed by atoms with Crippen LogP contribution in [0.5, 0.6) is 0 Å². The molecule has 1 fully saturated rings. The van der Waals surface area contributed by atoms with Crippen molar-refractivity contribution in [2.24, 2.45) is 0 Å². The number of amides is 1. The molecular formula is C28H39ClN4O4S2. The predicted octanol–water partition coefficient (Wildman–Crippen LogP) is 5.12. The molecule has 2 atom stereocenters. The molecule has 0 radical (unpaired) electrons. The highest BCUT2D eigenvalue weighted by Gasteiger charge is 2.32. The summed E-state index contributed by atoms with van der Waals surface area (Å²) in [4.78, 5) is 22.8. The molecule has 0 aliphatic carbocycles. The van der Waals surface area contributed by atoms with Crippen molar-refractivity contribution in [2.45, 2.75) is 58.6 Å². The zero-order valence-electron chi connectivity index (χ0n) is 23.5. The topological polar surface area (TPSA) is 83.1 Å². The van der Waals surface area contributed by atoms with Gasteiger partial charge in [0.1, 0.15) is 0 Å². The maximum atomic E-state index is 13.8. The molecule has 0 N–H and O–H groups in total. The highest BCUT2D eigenvalue weighted by molar-refractivity contribution is 7.89. The summed E-state index contributed by atoms with van der Waals surface area (Å²) in [6.07, 6.45) is -0.343. The van der Waals surface area contributed by atoms with Gasteiger partial charge in [-0.1, -0.05) is 31.3 Å². The maximum absolute atomic E-state index is 13.8. The van der Waals surface area contributed by atoms with Gasteiger partial charge in [-0.3, -0.25) is 9.69 Å². The van der Waals surface area contributed by atoms with E-state index in [0.29, 0.717) is 36.9 Å². The van der Waals surface area contributed by atoms with Crippen molar-refractivity contribution in [2.75, 3.05) is 44.2 Å². The minimum Gasteiger partial charge on any atom is -0.373 e. The van der Waals surface area contributed by atoms with E-state index in [-0.39, 0.29) is 35.4 Å². The van der Waals surface area contributed by atoms with Crippen molar-refractivity contribution in [1.82, 2.24) is 14.2 Å². The fourth-order valence-electron chi connectivity index (χ4n) is 4.95. The van der Waals surface area contributed by atoms with Crippen LogP contribution in [0, 0.1) is 13.8 Å². The summed E-state index contributed by atoms with van der Waals surface area (Å²) in [5, 5.41) is 0.652. The molecule has 11 heteroatoms. The van der Waals surface area contributed by atoms with Crippen molar-refractivity contribution >= 4 is 55.0 Å². The third kappa shape index (κ3) is 6.99. The zero-order chi connectivity index (χ0) is 27.6. The van der Waals surface area contributed by atoms with Crippen LogP contribution in [-0.2, 0) is 14.8 Å². The Bertz CT molecular complexity index is 1380. The molecule has 0 bridgehead atoms. The van der Waals surface area contributed by atoms with E-state index in [1.165, 1.54) is 27.8 Å². The van der Waals surface area contributed by atoms with E-state index in [1.807, 2.05) is 26.8 Å². The number of carbonyl (C=O) groups is 1. The van der Waals surface area contributed by atoms with Crippen LogP contribution in [0.3, 0.4) is 0 Å². The van der Waals surface area contributed by atoms with E-state index in [4.69, 9.17) is 9.72 Å². The molecule has 1 aliphatic rings. The van der Waals surface area contributed by atoms with Crippen LogP contribution in [0.1, 0.15) is 49.2 Å². The molecule has 2 unspecified atom stereocenters. The van der Waals surface area contributed by atoms with Gasteiger partial charge in [0.2, 0.25) is 10.0 Å². The number of nitrogens with zero attached hydrogens (tertiary/aromatic N) is 4. The summed E-state index contributed by atoms with van der Waals surface area (Å²) in [5.41, 5.74) is 3.59. The lowest BCUT2D eigenvalue weighted by molar-refractivity contribution is -0.0440. The second kappa shape index (κ2) is 13.1. The predicted molar refractivity (Wildman–Crippen MR) is 161 cm³/mol. The molecule has 2 heterocycles. The lowest BCUT2D eigenvalue weighted by atomic mass is 10.1. The minimum atomic E-state index is -3.69. The Labute approximate surface area is 242 Å². The number of halogens is 1. The van der Waals surface area contributed by atoms with Gasteiger partial charge in [-0.05, 0) is 82.2 Å². The number of benzene rings is 2. The number of anilines is 1. The Hall–Kier alpha value is -2.08. The number of hydrogen-bond donors (Lipinski definition) is 0. The molecule has 1 aromatic heterocycles. The highest BCUT2D eigenvalue weighted by atomic mass is 35.5. The number of carbonyl (C=O) groups excluding carboxylic acids is 1. The third-order valence-corrected chi connectivity index (χ3v) is 10.0. The molecule has 1 saturated heterocycles. The van der Waals surface area contributed by atoms with Crippen molar-refractivity contribution in [1.29, 1.82) is 0 Å². The van der Waals surface area contributed by atoms with E-state index in [9.17, 15) is 13.2 Å². The molecule has 0 saturated carbocycles. The van der Waals surface area contributed by atoms with Gasteiger partial charge >= 0.3 is 0 Å². The SMILES string of the molecule is CCN(CC)CCN(C(=O)c1ccc(S(=O)(=O)N2CC(C)OC(C)C2)cc1)c1nc2cc(C)cc(C)c2s1.Cl. The standard InChI is InChI=1S/C28H38N4O4S2.ClH/c1-7-30(8-2)13-14-32(28-29-25-16-19(3)15-20(4)26(25)37-28)27(33)23-9-11-24(12-10-23)38(34,35)31-17-21(5)36-22(6)18-31;/h9-12,15-16,21-22H,7-8,13-14,17-18H2,1-6H3;1H. The first kappa shape index (κ1) is 31.4. The number of hydrogen-bond acceptors (Lipinski definition) is 7. The van der Waals surface area contributed by atoms with Crippen molar-refractivity contribution < 1.29 is 17.9 Å². The second-order valence-corrected chi connectivity index (χ2v) is 12.9. The highest BCUT2D eigenvalue weighted by Crippen LogP contribution is 2.33. The first-order chi connectivity index (χ1) is 18.0. The molecular weight excluding hydrogens is 556 g/mol. The molecule has 2 aromatic carbocycles. The number of aromatic nitrogens is 1. The van der Waals surface area contributed by atoms with Gasteiger partial charge in [0.15, 0.2) is 5.13 Å². The van der Waals surface area contributed by atoms with Crippen LogP contribution >= 0.6 is 23.7 Å². The number of ether oxygens (including phenoxy) is 1. The molecule has 4 rings (SSSR count). The smallest absolute Gasteiger partial charge is 0.260 e. The molecule has 1 amide bonds. The summed E-state index contributed by atoms with van der Waals surface area (Å²) in [7, 11) is -3.69. The quantitative estimate of drug-likeness (QED) is 0.342. The Morgan fingerprint density at radius 3 is 2.26 bits per heavy atom. The van der Waals surface area contributed by atoms with Crippen LogP contribution in [0.25, 0.3) is 10.2 Å². The molecule has 0 spiro atoms. The summed E-state index contributed by atoms with van der Waals surface area (Å²) in [5.74, 6) is -0.192. The van der Waals surface area contributed by atoms with Gasteiger partial charge in [0.25, 0.3) is 5.91 Å². The van der Waals surface area contributed by atoms with E-state index in [1.54, 1.807) is 17.0 Å². The van der Waals surface area contributed by atoms with E-state index in [0.717, 1.165) is 34.4 Å². The average molecular weight is 595 g/mol. The van der Waals surface area contributed by atoms with Crippen LogP contribution in [-0.4, -0.2) is 80.0 Å². The Morgan fingerprint density at radius 2 is 1.67 bits per heavy atom. The number of likely N-dealkylation sites (N-methyl/N-ethyl adjacent to an activating group) is 1. The van der Waals surface area contributed by atoms with Gasteiger partial charge in [0.05, 0.1) is 27.3 Å². The third-order valence-electron chi connectivity index (χ3n) is 6.94. The summed E-state index contributed by atoms with van der Waals surface area (Å²) >= 11 is 1.52. The molecule has 39 heavy (non-hydrogen) atoms. The van der Waals surface area contributed by atoms with E-state index >= 15 is 0 Å². The van der Waals surface area contributed by atoms with Crippen molar-refractivity contribution in [3.8, 4) is 0 Å². The first-order valence-electron chi connectivity index (χ1n) is 13.2. The average Bonchev–Trinajstić information content (AvgIpc) is 3.30. The van der Waals surface area contributed by atoms with Gasteiger partial charge in [-0.15, -0.1) is 12.4 Å². The molecule has 3 aromatic rings. The lowest BCUT2D eigenvalue weighted by Crippen LogP contribution is -2.48. The molecule has 1 aliphatic heterocycles. The summed E-state index contributed by atoms with van der Waals surface area (Å²) < 4.78 is 34.8. The number of rotatable bonds is 9. The maximum Gasteiger partial charge on any atom is 0.260 e. The normalized spacial score (nSPS) is 18.3. The fourth-order valence-corrected chi connectivity index (χ4v) is 7.58. The molecule has 214 valence electrons. The number of thiazole rings is 1. The zero-order valence-corrected chi connectivity index (χ0v) is 26.0. The van der Waals surface area contributed by atoms with Gasteiger partial charge in [-0.2, -0.15) is 4.31 Å². The molecule has 8 nitrogen and oxygen atoms in total. The number of morpholine rings is 1. The number of fused-ring (bicyclic) bond motifs is 1. The monoisotopic (exact) mass is 594 g/mol. The van der Waals surface area contributed by atoms with E-state index in [2.05, 4.69) is 31.7 Å². The van der Waals surface area contributed by atoms with E-state index < -0.39 is 10.0 Å². The van der Waals surface area contributed by atoms with Crippen LogP contribution in [0.15, 0.2) is 41.3 Å². The first-order valence-corrected chi connectivity index (χ1v) is 15.5. The lowest BCUT2D eigenvalue weighted by Gasteiger charge is -2.34. The number of sulfonamides is 1. The Morgan fingerprint density at radius 1 is 1.05 bits per heavy atom. The second-order valence-electron chi connectivity index (χ2n) is 10.0. The van der Waals surface area contributed by atoms with Crippen LogP contribution in [0.4, 0.5) is 5.13 Å². The summed E-state index contributed by atoms with van der Waals surface area (Å²) in [6.45, 7) is 15.7. The van der Waals surface area contributed by atoms with Crippen molar-refractivity contribution in [3.63, 3.8) is 0 Å². The van der Waals surface area contributed by atoms with Gasteiger partial charge in [0, 0.05) is 31.7 Å². The van der Waals surface area contributed by atoms with Gasteiger partial charge < -0.3 is 9.64 Å². The Balaban J connectivity index is 0.00000420. The van der Waals surface area contributed by atoms with Crippen LogP contribution < -0.4 is 4.90 Å². The number of aryl methyl sites for hydroxylation is 2. The van der Waals surface area contributed by atoms with Crippen LogP contribution in [0.2, 0.25) is 0 Å². The summed E-state index contributed by atoms with van der Waals surface area (Å²) in [6, 6.07) is 10.4. The Kier molecular flexibility index (Phi) is 10.5. The largest absolute Gasteiger partial charge is 0.373 e. The van der Waals surface area contributed by atoms with Gasteiger partial charge in [-0.25, -0.2) is 13.4 Å². The van der Waals surface area contributed by atoms with Crippen molar-refractivity contribution in [3.05, 3.63) is 53.1 Å². The minimum absolute atomic E-state index is 0. The fraction of sp³-hybridized carbons (Fsp3) is 0.500.